The number of nitrogens with zero attached hydrogens (tertiary/aromatic N) is 3. The molecule has 0 spiro atoms. The molecule has 5 nitrogen and oxygen atoms in total. The third-order valence-electron chi connectivity index (χ3n) is 3.79. The Balaban J connectivity index is 1.60. The predicted molar refractivity (Wildman–Crippen MR) is 98.3 cm³/mol. The van der Waals surface area contributed by atoms with Gasteiger partial charge in [0.25, 0.3) is 0 Å². The molecule has 0 bridgehead atoms. The van der Waals surface area contributed by atoms with Gasteiger partial charge in [0.15, 0.2) is 0 Å². The maximum absolute atomic E-state index is 5.82. The third kappa shape index (κ3) is 3.26. The quantitative estimate of drug-likeness (QED) is 0.579. The number of hydrogen-bond acceptors (Lipinski definition) is 5. The van der Waals surface area contributed by atoms with Crippen molar-refractivity contribution in [3.05, 3.63) is 78.8 Å². The predicted octanol–water partition coefficient (Wildman–Crippen LogP) is 4.87. The van der Waals surface area contributed by atoms with E-state index < -0.39 is 0 Å². The van der Waals surface area contributed by atoms with Crippen LogP contribution in [0.1, 0.15) is 5.56 Å². The topological polar surface area (TPSA) is 59.9 Å². The van der Waals surface area contributed by atoms with Gasteiger partial charge in [-0.3, -0.25) is 0 Å². The molecule has 4 rings (SSSR count). The second-order valence-corrected chi connectivity index (χ2v) is 5.63. The van der Waals surface area contributed by atoms with E-state index in [4.69, 9.17) is 4.74 Å². The lowest BCUT2D eigenvalue weighted by atomic mass is 10.2. The van der Waals surface area contributed by atoms with Gasteiger partial charge < -0.3 is 10.1 Å². The van der Waals surface area contributed by atoms with Crippen molar-refractivity contribution in [3.8, 4) is 11.6 Å². The summed E-state index contributed by atoms with van der Waals surface area (Å²) in [5.74, 6) is 2.11. The number of benzene rings is 2. The largest absolute Gasteiger partial charge is 0.439 e. The zero-order chi connectivity index (χ0) is 17.1. The van der Waals surface area contributed by atoms with Crippen LogP contribution in [0.4, 0.5) is 11.5 Å². The van der Waals surface area contributed by atoms with Crippen molar-refractivity contribution in [2.75, 3.05) is 5.32 Å². The fourth-order valence-electron chi connectivity index (χ4n) is 2.58. The van der Waals surface area contributed by atoms with Crippen molar-refractivity contribution >= 4 is 22.4 Å². The van der Waals surface area contributed by atoms with Gasteiger partial charge in [-0.1, -0.05) is 30.3 Å². The fraction of sp³-hybridized carbons (Fsp3) is 0.0500. The normalized spacial score (nSPS) is 10.6. The highest BCUT2D eigenvalue weighted by Gasteiger charge is 2.07. The minimum absolute atomic E-state index is 0.587. The average Bonchev–Trinajstić information content (AvgIpc) is 2.65. The van der Waals surface area contributed by atoms with Crippen molar-refractivity contribution in [1.29, 1.82) is 0 Å². The van der Waals surface area contributed by atoms with E-state index >= 15 is 0 Å². The number of para-hydroxylation sites is 2. The molecule has 2 heterocycles. The first-order valence-electron chi connectivity index (χ1n) is 7.96. The van der Waals surface area contributed by atoms with Gasteiger partial charge in [-0.25, -0.2) is 15.0 Å². The van der Waals surface area contributed by atoms with Crippen molar-refractivity contribution in [2.45, 2.75) is 6.92 Å². The number of fused-ring (bicyclic) bond motifs is 1. The number of ether oxygens (including phenoxy) is 1. The van der Waals surface area contributed by atoms with Crippen LogP contribution >= 0.6 is 0 Å². The lowest BCUT2D eigenvalue weighted by Crippen LogP contribution is -1.98. The standard InChI is InChI=1S/C20H16N4O/c1-14-11-15(12-21-20(14)25-16-7-3-2-4-8-16)24-19-17-9-5-6-10-18(17)22-13-23-19/h2-13H,1H3,(H,22,23,24). The molecule has 1 N–H and O–H groups in total. The van der Waals surface area contributed by atoms with E-state index in [2.05, 4.69) is 20.3 Å². The van der Waals surface area contributed by atoms with Gasteiger partial charge in [-0.2, -0.15) is 0 Å². The van der Waals surface area contributed by atoms with Crippen LogP contribution in [0.3, 0.4) is 0 Å². The molecular formula is C20H16N4O. The summed E-state index contributed by atoms with van der Waals surface area (Å²) in [6.07, 6.45) is 3.29. The maximum Gasteiger partial charge on any atom is 0.222 e. The van der Waals surface area contributed by atoms with Crippen molar-refractivity contribution in [3.63, 3.8) is 0 Å². The Labute approximate surface area is 145 Å². The van der Waals surface area contributed by atoms with Crippen molar-refractivity contribution in [1.82, 2.24) is 15.0 Å². The summed E-state index contributed by atoms with van der Waals surface area (Å²) in [5.41, 5.74) is 2.68. The van der Waals surface area contributed by atoms with E-state index in [-0.39, 0.29) is 0 Å². The molecule has 0 aliphatic carbocycles. The lowest BCUT2D eigenvalue weighted by Gasteiger charge is -2.11. The van der Waals surface area contributed by atoms with Crippen LogP contribution in [0.15, 0.2) is 73.2 Å². The monoisotopic (exact) mass is 328 g/mol. The van der Waals surface area contributed by atoms with Crippen LogP contribution in [-0.2, 0) is 0 Å². The highest BCUT2D eigenvalue weighted by molar-refractivity contribution is 5.90. The lowest BCUT2D eigenvalue weighted by molar-refractivity contribution is 0.459. The van der Waals surface area contributed by atoms with Crippen LogP contribution in [-0.4, -0.2) is 15.0 Å². The van der Waals surface area contributed by atoms with Gasteiger partial charge in [0.1, 0.15) is 17.9 Å². The molecule has 5 heteroatoms. The van der Waals surface area contributed by atoms with E-state index in [1.54, 1.807) is 12.5 Å². The molecule has 0 saturated heterocycles. The van der Waals surface area contributed by atoms with Gasteiger partial charge >= 0.3 is 0 Å². The number of hydrogen-bond donors (Lipinski definition) is 1. The Kier molecular flexibility index (Phi) is 3.96. The summed E-state index contributed by atoms with van der Waals surface area (Å²) in [7, 11) is 0. The molecule has 0 amide bonds. The molecule has 0 saturated carbocycles. The van der Waals surface area contributed by atoms with E-state index in [1.807, 2.05) is 67.6 Å². The third-order valence-corrected chi connectivity index (χ3v) is 3.79. The molecule has 25 heavy (non-hydrogen) atoms. The SMILES string of the molecule is Cc1cc(Nc2ncnc3ccccc23)cnc1Oc1ccccc1. The Morgan fingerprint density at radius 2 is 1.68 bits per heavy atom. The number of aryl methyl sites for hydroxylation is 1. The van der Waals surface area contributed by atoms with Crippen LogP contribution in [0.5, 0.6) is 11.6 Å². The smallest absolute Gasteiger partial charge is 0.222 e. The summed E-state index contributed by atoms with van der Waals surface area (Å²) in [4.78, 5) is 13.0. The summed E-state index contributed by atoms with van der Waals surface area (Å²) >= 11 is 0. The van der Waals surface area contributed by atoms with Gasteiger partial charge in [0.05, 0.1) is 17.4 Å². The highest BCUT2D eigenvalue weighted by atomic mass is 16.5. The van der Waals surface area contributed by atoms with Crippen LogP contribution < -0.4 is 10.1 Å². The van der Waals surface area contributed by atoms with E-state index in [9.17, 15) is 0 Å². The molecule has 4 aromatic rings. The molecule has 0 aliphatic heterocycles. The minimum atomic E-state index is 0.587. The summed E-state index contributed by atoms with van der Waals surface area (Å²) in [6.45, 7) is 1.97. The van der Waals surface area contributed by atoms with Crippen LogP contribution in [0, 0.1) is 6.92 Å². The second-order valence-electron chi connectivity index (χ2n) is 5.63. The number of anilines is 2. The van der Waals surface area contributed by atoms with Gasteiger partial charge in [0, 0.05) is 10.9 Å². The van der Waals surface area contributed by atoms with E-state index in [0.717, 1.165) is 33.7 Å². The summed E-state index contributed by atoms with van der Waals surface area (Å²) < 4.78 is 5.82. The molecule has 0 fully saturated rings. The number of rotatable bonds is 4. The second kappa shape index (κ2) is 6.57. The summed E-state index contributed by atoms with van der Waals surface area (Å²) in [6, 6.07) is 19.5. The Morgan fingerprint density at radius 1 is 0.880 bits per heavy atom. The number of pyridine rings is 1. The Hall–Kier alpha value is -3.47. The van der Waals surface area contributed by atoms with Crippen LogP contribution in [0.2, 0.25) is 0 Å². The molecular weight excluding hydrogens is 312 g/mol. The molecule has 0 aliphatic rings. The molecule has 0 radical (unpaired) electrons. The molecule has 2 aromatic heterocycles. The van der Waals surface area contributed by atoms with Crippen molar-refractivity contribution < 1.29 is 4.74 Å². The zero-order valence-corrected chi connectivity index (χ0v) is 13.7. The number of aromatic nitrogens is 3. The Morgan fingerprint density at radius 3 is 2.52 bits per heavy atom. The number of nitrogens with one attached hydrogen (secondary N) is 1. The van der Waals surface area contributed by atoms with E-state index in [1.165, 1.54) is 0 Å². The highest BCUT2D eigenvalue weighted by Crippen LogP contribution is 2.27. The average molecular weight is 328 g/mol. The summed E-state index contributed by atoms with van der Waals surface area (Å²) in [5, 5.41) is 4.27. The first-order valence-corrected chi connectivity index (χ1v) is 7.96. The Bertz CT molecular complexity index is 1010. The first-order chi connectivity index (χ1) is 12.3. The molecule has 0 unspecified atom stereocenters. The fourth-order valence-corrected chi connectivity index (χ4v) is 2.58. The first kappa shape index (κ1) is 15.1. The van der Waals surface area contributed by atoms with Gasteiger partial charge in [0.2, 0.25) is 5.88 Å². The van der Waals surface area contributed by atoms with Gasteiger partial charge in [-0.15, -0.1) is 0 Å². The minimum Gasteiger partial charge on any atom is -0.439 e. The molecule has 0 atom stereocenters. The maximum atomic E-state index is 5.82. The van der Waals surface area contributed by atoms with Crippen molar-refractivity contribution in [2.24, 2.45) is 0 Å². The molecule has 122 valence electrons. The zero-order valence-electron chi connectivity index (χ0n) is 13.7. The van der Waals surface area contributed by atoms with Gasteiger partial charge in [-0.05, 0) is 37.3 Å². The molecule has 2 aromatic carbocycles. The van der Waals surface area contributed by atoms with E-state index in [0.29, 0.717) is 5.88 Å². The van der Waals surface area contributed by atoms with Crippen LogP contribution in [0.25, 0.3) is 10.9 Å².